The van der Waals surface area contributed by atoms with Gasteiger partial charge in [-0.05, 0) is 20.3 Å². The molecule has 0 aliphatic heterocycles. The van der Waals surface area contributed by atoms with Crippen molar-refractivity contribution in [3.8, 4) is 0 Å². The summed E-state index contributed by atoms with van der Waals surface area (Å²) in [4.78, 5) is 10.8. The van der Waals surface area contributed by atoms with Crippen molar-refractivity contribution >= 4 is 5.97 Å². The Morgan fingerprint density at radius 1 is 1.14 bits per heavy atom. The van der Waals surface area contributed by atoms with Crippen LogP contribution in [0.25, 0.3) is 0 Å². The molecule has 0 saturated carbocycles. The van der Waals surface area contributed by atoms with E-state index < -0.39 is 5.97 Å². The molecule has 0 aromatic heterocycles. The van der Waals surface area contributed by atoms with Gasteiger partial charge in [0.15, 0.2) is 0 Å². The maximum atomic E-state index is 10.8. The summed E-state index contributed by atoms with van der Waals surface area (Å²) in [6.07, 6.45) is 1.43. The maximum Gasteiger partial charge on any atom is 0.374 e. The molecule has 0 aromatic rings. The molecule has 4 heteroatoms. The molecule has 0 radical (unpaired) electrons. The summed E-state index contributed by atoms with van der Waals surface area (Å²) in [5.74, 6) is -0.690. The van der Waals surface area contributed by atoms with Crippen LogP contribution in [-0.2, 0) is 14.3 Å². The van der Waals surface area contributed by atoms with Crippen molar-refractivity contribution in [3.05, 3.63) is 11.5 Å². The van der Waals surface area contributed by atoms with Gasteiger partial charge >= 0.3 is 5.97 Å². The summed E-state index contributed by atoms with van der Waals surface area (Å²) in [5, 5.41) is 8.87. The van der Waals surface area contributed by atoms with E-state index in [1.807, 2.05) is 13.8 Å². The monoisotopic (exact) mass is 202 g/mol. The van der Waals surface area contributed by atoms with E-state index in [1.165, 1.54) is 0 Å². The molecule has 0 unspecified atom stereocenters. The van der Waals surface area contributed by atoms with Gasteiger partial charge in [-0.1, -0.05) is 6.92 Å². The van der Waals surface area contributed by atoms with E-state index in [2.05, 4.69) is 0 Å². The zero-order valence-electron chi connectivity index (χ0n) is 9.00. The van der Waals surface area contributed by atoms with Crippen molar-refractivity contribution in [2.24, 2.45) is 0 Å². The SMILES string of the molecule is CCC/C(OCC)=C(/OCC)C(=O)O. The summed E-state index contributed by atoms with van der Waals surface area (Å²) in [6, 6.07) is 0. The van der Waals surface area contributed by atoms with Crippen LogP contribution >= 0.6 is 0 Å². The Labute approximate surface area is 84.5 Å². The highest BCUT2D eigenvalue weighted by molar-refractivity contribution is 5.84. The second kappa shape index (κ2) is 7.24. The lowest BCUT2D eigenvalue weighted by Gasteiger charge is -2.12. The first-order valence-electron chi connectivity index (χ1n) is 4.89. The van der Waals surface area contributed by atoms with E-state index in [0.717, 1.165) is 6.42 Å². The van der Waals surface area contributed by atoms with Gasteiger partial charge in [0.05, 0.1) is 13.2 Å². The van der Waals surface area contributed by atoms with Gasteiger partial charge in [0.25, 0.3) is 0 Å². The Morgan fingerprint density at radius 3 is 2.07 bits per heavy atom. The molecule has 1 N–H and O–H groups in total. The molecule has 0 atom stereocenters. The zero-order valence-corrected chi connectivity index (χ0v) is 9.00. The van der Waals surface area contributed by atoms with Crippen LogP contribution in [0.2, 0.25) is 0 Å². The fraction of sp³-hybridized carbons (Fsp3) is 0.700. The average Bonchev–Trinajstić information content (AvgIpc) is 2.13. The van der Waals surface area contributed by atoms with Gasteiger partial charge in [-0.15, -0.1) is 0 Å². The molecule has 0 aliphatic rings. The van der Waals surface area contributed by atoms with Gasteiger partial charge in [-0.25, -0.2) is 4.79 Å². The molecule has 14 heavy (non-hydrogen) atoms. The molecule has 0 fully saturated rings. The quantitative estimate of drug-likeness (QED) is 0.507. The van der Waals surface area contributed by atoms with E-state index in [0.29, 0.717) is 25.4 Å². The Morgan fingerprint density at radius 2 is 1.71 bits per heavy atom. The standard InChI is InChI=1S/C10H18O4/c1-4-7-8(13-5-2)9(10(11)12)14-6-3/h4-7H2,1-3H3,(H,11,12)/b9-8-. The maximum absolute atomic E-state index is 10.8. The summed E-state index contributed by atoms with van der Waals surface area (Å²) in [7, 11) is 0. The van der Waals surface area contributed by atoms with Crippen LogP contribution in [0.5, 0.6) is 0 Å². The summed E-state index contributed by atoms with van der Waals surface area (Å²) < 4.78 is 10.3. The fourth-order valence-corrected chi connectivity index (χ4v) is 1.06. The van der Waals surface area contributed by atoms with Gasteiger partial charge in [-0.3, -0.25) is 0 Å². The first-order valence-corrected chi connectivity index (χ1v) is 4.89. The van der Waals surface area contributed by atoms with Crippen LogP contribution in [-0.4, -0.2) is 24.3 Å². The Bertz CT molecular complexity index is 200. The highest BCUT2D eigenvalue weighted by atomic mass is 16.5. The Kier molecular flexibility index (Phi) is 6.62. The molecule has 0 amide bonds. The summed E-state index contributed by atoms with van der Waals surface area (Å²) >= 11 is 0. The number of hydrogen-bond acceptors (Lipinski definition) is 3. The molecule has 82 valence electrons. The lowest BCUT2D eigenvalue weighted by Crippen LogP contribution is -2.10. The van der Waals surface area contributed by atoms with Gasteiger partial charge in [0.2, 0.25) is 5.76 Å². The number of carboxylic acid groups (broad SMARTS) is 1. The second-order valence-electron chi connectivity index (χ2n) is 2.67. The molecule has 0 spiro atoms. The Balaban J connectivity index is 4.72. The van der Waals surface area contributed by atoms with Crippen molar-refractivity contribution in [1.82, 2.24) is 0 Å². The molecule has 0 heterocycles. The van der Waals surface area contributed by atoms with E-state index in [9.17, 15) is 4.79 Å². The largest absolute Gasteiger partial charge is 0.494 e. The number of carbonyl (C=O) groups is 1. The average molecular weight is 202 g/mol. The third-order valence-corrected chi connectivity index (χ3v) is 1.53. The van der Waals surface area contributed by atoms with Crippen molar-refractivity contribution in [3.63, 3.8) is 0 Å². The first-order chi connectivity index (χ1) is 6.67. The van der Waals surface area contributed by atoms with Gasteiger partial charge in [0, 0.05) is 6.42 Å². The Hall–Kier alpha value is -1.19. The predicted molar refractivity (Wildman–Crippen MR) is 52.8 cm³/mol. The molecule has 4 nitrogen and oxygen atoms in total. The van der Waals surface area contributed by atoms with Crippen molar-refractivity contribution in [1.29, 1.82) is 0 Å². The molecule has 0 aromatic carbocycles. The lowest BCUT2D eigenvalue weighted by atomic mass is 10.2. The number of ether oxygens (including phenoxy) is 2. The van der Waals surface area contributed by atoms with Gasteiger partial charge in [0.1, 0.15) is 5.76 Å². The van der Waals surface area contributed by atoms with Crippen LogP contribution in [0, 0.1) is 0 Å². The normalized spacial score (nSPS) is 11.9. The molecular formula is C10H18O4. The van der Waals surface area contributed by atoms with Crippen LogP contribution < -0.4 is 0 Å². The highest BCUT2D eigenvalue weighted by Gasteiger charge is 2.16. The molecule has 0 saturated heterocycles. The molecule has 0 aliphatic carbocycles. The predicted octanol–water partition coefficient (Wildman–Crippen LogP) is 2.16. The van der Waals surface area contributed by atoms with Crippen LogP contribution in [0.3, 0.4) is 0 Å². The number of allylic oxidation sites excluding steroid dienone is 1. The highest BCUT2D eigenvalue weighted by Crippen LogP contribution is 2.14. The third kappa shape index (κ3) is 4.16. The number of hydrogen-bond donors (Lipinski definition) is 1. The summed E-state index contributed by atoms with van der Waals surface area (Å²) in [6.45, 7) is 6.32. The molecular weight excluding hydrogens is 184 g/mol. The topological polar surface area (TPSA) is 55.8 Å². The van der Waals surface area contributed by atoms with Crippen LogP contribution in [0.4, 0.5) is 0 Å². The van der Waals surface area contributed by atoms with Crippen LogP contribution in [0.1, 0.15) is 33.6 Å². The smallest absolute Gasteiger partial charge is 0.374 e. The minimum Gasteiger partial charge on any atom is -0.494 e. The molecule has 0 bridgehead atoms. The third-order valence-electron chi connectivity index (χ3n) is 1.53. The summed E-state index contributed by atoms with van der Waals surface area (Å²) in [5.41, 5.74) is 0. The fourth-order valence-electron chi connectivity index (χ4n) is 1.06. The first kappa shape index (κ1) is 12.8. The van der Waals surface area contributed by atoms with Gasteiger partial charge < -0.3 is 14.6 Å². The van der Waals surface area contributed by atoms with Gasteiger partial charge in [-0.2, -0.15) is 0 Å². The lowest BCUT2D eigenvalue weighted by molar-refractivity contribution is -0.137. The van der Waals surface area contributed by atoms with E-state index in [-0.39, 0.29) is 5.76 Å². The van der Waals surface area contributed by atoms with Crippen molar-refractivity contribution in [2.45, 2.75) is 33.6 Å². The van der Waals surface area contributed by atoms with E-state index in [1.54, 1.807) is 6.92 Å². The van der Waals surface area contributed by atoms with Crippen molar-refractivity contribution in [2.75, 3.05) is 13.2 Å². The molecule has 0 rings (SSSR count). The van der Waals surface area contributed by atoms with Crippen LogP contribution in [0.15, 0.2) is 11.5 Å². The minimum atomic E-state index is -1.07. The van der Waals surface area contributed by atoms with Crippen molar-refractivity contribution < 1.29 is 19.4 Å². The second-order valence-corrected chi connectivity index (χ2v) is 2.67. The minimum absolute atomic E-state index is 0.0591. The number of aliphatic carboxylic acids is 1. The van der Waals surface area contributed by atoms with E-state index in [4.69, 9.17) is 14.6 Å². The number of rotatable bonds is 7. The number of carboxylic acids is 1. The zero-order chi connectivity index (χ0) is 11.0. The van der Waals surface area contributed by atoms with E-state index >= 15 is 0 Å².